The van der Waals surface area contributed by atoms with Gasteiger partial charge in [0.15, 0.2) is 0 Å². The first-order valence-electron chi connectivity index (χ1n) is 3.68. The van der Waals surface area contributed by atoms with Crippen molar-refractivity contribution in [2.24, 2.45) is 0 Å². The maximum atomic E-state index is 12.6. The summed E-state index contributed by atoms with van der Waals surface area (Å²) >= 11 is 4.67. The van der Waals surface area contributed by atoms with Gasteiger partial charge in [0.1, 0.15) is 0 Å². The standard InChI is InChI=1S/C9H6ClF2NO/c10-8(12)7(11)9(14)13-6-4-2-1-3-5-6/h1-5H,(H,13,14)/b8-7+. The smallest absolute Gasteiger partial charge is 0.288 e. The van der Waals surface area contributed by atoms with Crippen molar-refractivity contribution in [2.45, 2.75) is 0 Å². The molecule has 1 rings (SSSR count). The van der Waals surface area contributed by atoms with Crippen LogP contribution >= 0.6 is 11.6 Å². The molecule has 0 unspecified atom stereocenters. The van der Waals surface area contributed by atoms with Crippen LogP contribution in [-0.4, -0.2) is 5.91 Å². The van der Waals surface area contributed by atoms with Gasteiger partial charge in [0.2, 0.25) is 11.1 Å². The highest BCUT2D eigenvalue weighted by atomic mass is 35.5. The van der Waals surface area contributed by atoms with E-state index in [-0.39, 0.29) is 0 Å². The first kappa shape index (κ1) is 10.7. The zero-order valence-corrected chi connectivity index (χ0v) is 7.68. The number of hydrogen-bond acceptors (Lipinski definition) is 1. The van der Waals surface area contributed by atoms with Gasteiger partial charge >= 0.3 is 0 Å². The summed E-state index contributed by atoms with van der Waals surface area (Å²) in [5.74, 6) is -2.83. The Morgan fingerprint density at radius 2 is 1.79 bits per heavy atom. The molecule has 2 nitrogen and oxygen atoms in total. The molecular weight excluding hydrogens is 212 g/mol. The van der Waals surface area contributed by atoms with Crippen molar-refractivity contribution < 1.29 is 13.6 Å². The molecule has 0 radical (unpaired) electrons. The van der Waals surface area contributed by atoms with E-state index in [1.807, 2.05) is 0 Å². The van der Waals surface area contributed by atoms with Crippen LogP contribution in [0.4, 0.5) is 14.5 Å². The van der Waals surface area contributed by atoms with Crippen LogP contribution in [0, 0.1) is 0 Å². The van der Waals surface area contributed by atoms with Gasteiger partial charge in [-0.05, 0) is 23.7 Å². The number of halogens is 3. The Labute approximate surface area is 84.2 Å². The van der Waals surface area contributed by atoms with Crippen LogP contribution < -0.4 is 5.32 Å². The molecule has 1 aromatic carbocycles. The zero-order valence-electron chi connectivity index (χ0n) is 6.93. The number of amides is 1. The minimum absolute atomic E-state index is 0.366. The second kappa shape index (κ2) is 4.72. The van der Waals surface area contributed by atoms with Gasteiger partial charge in [0.25, 0.3) is 5.91 Å². The number of benzene rings is 1. The van der Waals surface area contributed by atoms with Crippen molar-refractivity contribution in [1.29, 1.82) is 0 Å². The molecule has 14 heavy (non-hydrogen) atoms. The summed E-state index contributed by atoms with van der Waals surface area (Å²) in [5.41, 5.74) is 0.366. The summed E-state index contributed by atoms with van der Waals surface area (Å²) < 4.78 is 24.6. The number of anilines is 1. The fourth-order valence-corrected chi connectivity index (χ4v) is 0.879. The van der Waals surface area contributed by atoms with Crippen LogP contribution in [0.5, 0.6) is 0 Å². The van der Waals surface area contributed by atoms with Gasteiger partial charge in [0.05, 0.1) is 0 Å². The van der Waals surface area contributed by atoms with E-state index < -0.39 is 17.0 Å². The number of rotatable bonds is 2. The first-order valence-corrected chi connectivity index (χ1v) is 4.06. The predicted octanol–water partition coefficient (Wildman–Crippen LogP) is 2.97. The maximum absolute atomic E-state index is 12.6. The van der Waals surface area contributed by atoms with E-state index in [2.05, 4.69) is 16.9 Å². The number of nitrogens with one attached hydrogen (secondary N) is 1. The van der Waals surface area contributed by atoms with Crippen LogP contribution in [0.1, 0.15) is 0 Å². The second-order valence-electron chi connectivity index (χ2n) is 2.39. The van der Waals surface area contributed by atoms with E-state index in [4.69, 9.17) is 0 Å². The Hall–Kier alpha value is -1.42. The molecule has 1 amide bonds. The lowest BCUT2D eigenvalue weighted by Gasteiger charge is -2.01. The number of para-hydroxylation sites is 1. The first-order chi connectivity index (χ1) is 6.61. The van der Waals surface area contributed by atoms with E-state index in [0.717, 1.165) is 0 Å². The van der Waals surface area contributed by atoms with E-state index in [1.165, 1.54) is 12.1 Å². The van der Waals surface area contributed by atoms with Crippen molar-refractivity contribution in [3.05, 3.63) is 41.4 Å². The minimum Gasteiger partial charge on any atom is -0.320 e. The second-order valence-corrected chi connectivity index (χ2v) is 2.73. The molecule has 0 aliphatic carbocycles. The highest BCUT2D eigenvalue weighted by molar-refractivity contribution is 6.30. The molecule has 0 bridgehead atoms. The molecule has 0 aliphatic rings. The van der Waals surface area contributed by atoms with Gasteiger partial charge in [0, 0.05) is 5.69 Å². The van der Waals surface area contributed by atoms with E-state index in [0.29, 0.717) is 5.69 Å². The largest absolute Gasteiger partial charge is 0.320 e. The Balaban J connectivity index is 2.72. The predicted molar refractivity (Wildman–Crippen MR) is 50.2 cm³/mol. The van der Waals surface area contributed by atoms with Crippen LogP contribution in [0.2, 0.25) is 0 Å². The fraction of sp³-hybridized carbons (Fsp3) is 0. The van der Waals surface area contributed by atoms with Gasteiger partial charge in [-0.3, -0.25) is 4.79 Å². The van der Waals surface area contributed by atoms with Gasteiger partial charge < -0.3 is 5.32 Å². The molecule has 0 spiro atoms. The molecule has 74 valence electrons. The van der Waals surface area contributed by atoms with E-state index in [1.54, 1.807) is 18.2 Å². The van der Waals surface area contributed by atoms with Crippen molar-refractivity contribution in [3.63, 3.8) is 0 Å². The third-order valence-electron chi connectivity index (χ3n) is 1.40. The maximum Gasteiger partial charge on any atom is 0.288 e. The summed E-state index contributed by atoms with van der Waals surface area (Å²) in [7, 11) is 0. The molecule has 0 atom stereocenters. The lowest BCUT2D eigenvalue weighted by Crippen LogP contribution is -2.12. The number of carbonyl (C=O) groups excluding carboxylic acids is 1. The summed E-state index contributed by atoms with van der Waals surface area (Å²) in [6.45, 7) is 0. The van der Waals surface area contributed by atoms with Crippen LogP contribution in [0.25, 0.3) is 0 Å². The summed E-state index contributed by atoms with van der Waals surface area (Å²) in [4.78, 5) is 10.9. The molecule has 0 saturated carbocycles. The number of hydrogen-bond donors (Lipinski definition) is 1. The number of carbonyl (C=O) groups is 1. The molecule has 5 heteroatoms. The fourth-order valence-electron chi connectivity index (χ4n) is 0.793. The summed E-state index contributed by atoms with van der Waals surface area (Å²) in [5, 5.41) is 0.473. The molecule has 1 aromatic rings. The molecule has 1 N–H and O–H groups in total. The topological polar surface area (TPSA) is 29.1 Å². The minimum atomic E-state index is -1.65. The Morgan fingerprint density at radius 3 is 2.29 bits per heavy atom. The van der Waals surface area contributed by atoms with Crippen LogP contribution in [-0.2, 0) is 4.79 Å². The molecule has 0 fully saturated rings. The van der Waals surface area contributed by atoms with Crippen LogP contribution in [0.15, 0.2) is 41.4 Å². The normalized spacial score (nSPS) is 11.9. The van der Waals surface area contributed by atoms with Crippen molar-refractivity contribution in [2.75, 3.05) is 5.32 Å². The summed E-state index contributed by atoms with van der Waals surface area (Å²) in [6.07, 6.45) is 0. The summed E-state index contributed by atoms with van der Waals surface area (Å²) in [6, 6.07) is 8.10. The molecule has 0 aliphatic heterocycles. The van der Waals surface area contributed by atoms with Crippen LogP contribution in [0.3, 0.4) is 0 Å². The quantitative estimate of drug-likeness (QED) is 0.759. The monoisotopic (exact) mass is 217 g/mol. The third kappa shape index (κ3) is 2.81. The van der Waals surface area contributed by atoms with E-state index >= 15 is 0 Å². The van der Waals surface area contributed by atoms with Crippen molar-refractivity contribution in [3.8, 4) is 0 Å². The highest BCUT2D eigenvalue weighted by Crippen LogP contribution is 2.14. The Morgan fingerprint density at radius 1 is 1.21 bits per heavy atom. The Kier molecular flexibility index (Phi) is 3.59. The van der Waals surface area contributed by atoms with Crippen molar-refractivity contribution in [1.82, 2.24) is 0 Å². The lowest BCUT2D eigenvalue weighted by molar-refractivity contribution is -0.114. The van der Waals surface area contributed by atoms with Gasteiger partial charge in [-0.15, -0.1) is 0 Å². The highest BCUT2D eigenvalue weighted by Gasteiger charge is 2.13. The molecular formula is C9H6ClF2NO. The zero-order chi connectivity index (χ0) is 10.6. The lowest BCUT2D eigenvalue weighted by atomic mass is 10.3. The van der Waals surface area contributed by atoms with Crippen molar-refractivity contribution >= 4 is 23.2 Å². The van der Waals surface area contributed by atoms with Gasteiger partial charge in [-0.1, -0.05) is 18.2 Å². The molecule has 0 aromatic heterocycles. The third-order valence-corrected chi connectivity index (χ3v) is 1.56. The average Bonchev–Trinajstić information content (AvgIpc) is 2.18. The molecule has 0 heterocycles. The van der Waals surface area contributed by atoms with Gasteiger partial charge in [-0.25, -0.2) is 0 Å². The SMILES string of the molecule is O=C(Nc1ccccc1)/C(F)=C(\F)Cl. The Bertz CT molecular complexity index is 360. The average molecular weight is 218 g/mol. The molecule has 0 saturated heterocycles. The van der Waals surface area contributed by atoms with E-state index in [9.17, 15) is 13.6 Å². The van der Waals surface area contributed by atoms with Gasteiger partial charge in [-0.2, -0.15) is 8.78 Å².